The summed E-state index contributed by atoms with van der Waals surface area (Å²) < 4.78 is 0. The molecule has 0 radical (unpaired) electrons. The van der Waals surface area contributed by atoms with Crippen LogP contribution < -0.4 is 5.32 Å². The number of nitrogens with zero attached hydrogens (tertiary/aromatic N) is 1. The fourth-order valence-corrected chi connectivity index (χ4v) is 1.74. The molecule has 3 nitrogen and oxygen atoms in total. The van der Waals surface area contributed by atoms with Gasteiger partial charge in [0.25, 0.3) is 0 Å². The maximum absolute atomic E-state index is 9.13. The van der Waals surface area contributed by atoms with Crippen LogP contribution in [0.4, 0.5) is 0 Å². The third-order valence-electron chi connectivity index (χ3n) is 1.80. The SMILES string of the molecule is CC(O)CC(C)NCc1cncs1. The summed E-state index contributed by atoms with van der Waals surface area (Å²) in [6.07, 6.45) is 2.43. The van der Waals surface area contributed by atoms with Gasteiger partial charge in [-0.05, 0) is 20.3 Å². The lowest BCUT2D eigenvalue weighted by Crippen LogP contribution is -2.28. The monoisotopic (exact) mass is 200 g/mol. The van der Waals surface area contributed by atoms with Crippen LogP contribution in [0.1, 0.15) is 25.1 Å². The highest BCUT2D eigenvalue weighted by molar-refractivity contribution is 7.09. The molecule has 1 aromatic rings. The number of aliphatic hydroxyl groups excluding tert-OH is 1. The van der Waals surface area contributed by atoms with Gasteiger partial charge < -0.3 is 10.4 Å². The highest BCUT2D eigenvalue weighted by atomic mass is 32.1. The van der Waals surface area contributed by atoms with Crippen molar-refractivity contribution in [1.29, 1.82) is 0 Å². The summed E-state index contributed by atoms with van der Waals surface area (Å²) in [7, 11) is 0. The Balaban J connectivity index is 2.19. The van der Waals surface area contributed by atoms with E-state index < -0.39 is 0 Å². The fraction of sp³-hybridized carbons (Fsp3) is 0.667. The molecule has 74 valence electrons. The number of aliphatic hydroxyl groups is 1. The molecule has 0 aliphatic heterocycles. The zero-order valence-corrected chi connectivity index (χ0v) is 8.84. The predicted octanol–water partition coefficient (Wildman–Crippen LogP) is 1.39. The van der Waals surface area contributed by atoms with Crippen LogP contribution in [0.25, 0.3) is 0 Å². The van der Waals surface area contributed by atoms with Crippen LogP contribution in [0.5, 0.6) is 0 Å². The van der Waals surface area contributed by atoms with Crippen LogP contribution in [0.2, 0.25) is 0 Å². The van der Waals surface area contributed by atoms with Crippen LogP contribution in [0, 0.1) is 0 Å². The molecule has 13 heavy (non-hydrogen) atoms. The molecule has 2 unspecified atom stereocenters. The van der Waals surface area contributed by atoms with Gasteiger partial charge in [0.05, 0.1) is 11.6 Å². The number of hydrogen-bond donors (Lipinski definition) is 2. The minimum atomic E-state index is -0.232. The number of aromatic nitrogens is 1. The van der Waals surface area contributed by atoms with Gasteiger partial charge in [-0.25, -0.2) is 0 Å². The minimum Gasteiger partial charge on any atom is -0.393 e. The third-order valence-corrected chi connectivity index (χ3v) is 2.58. The molecule has 2 N–H and O–H groups in total. The smallest absolute Gasteiger partial charge is 0.0794 e. The number of thiazole rings is 1. The van der Waals surface area contributed by atoms with Gasteiger partial charge in [0.15, 0.2) is 0 Å². The molecule has 0 fully saturated rings. The molecule has 1 aromatic heterocycles. The van der Waals surface area contributed by atoms with E-state index in [4.69, 9.17) is 5.11 Å². The van der Waals surface area contributed by atoms with Gasteiger partial charge in [-0.1, -0.05) is 0 Å². The van der Waals surface area contributed by atoms with Gasteiger partial charge in [0, 0.05) is 23.7 Å². The van der Waals surface area contributed by atoms with E-state index in [-0.39, 0.29) is 6.10 Å². The fourth-order valence-electron chi connectivity index (χ4n) is 1.20. The quantitative estimate of drug-likeness (QED) is 0.755. The van der Waals surface area contributed by atoms with E-state index in [1.807, 2.05) is 18.6 Å². The summed E-state index contributed by atoms with van der Waals surface area (Å²) in [5.74, 6) is 0. The number of nitrogens with one attached hydrogen (secondary N) is 1. The second-order valence-corrected chi connectivity index (χ2v) is 4.31. The second kappa shape index (κ2) is 5.32. The Morgan fingerprint density at radius 1 is 1.62 bits per heavy atom. The van der Waals surface area contributed by atoms with Crippen LogP contribution in [-0.4, -0.2) is 22.2 Å². The molecule has 2 atom stereocenters. The van der Waals surface area contributed by atoms with Crippen LogP contribution in [0.15, 0.2) is 11.7 Å². The minimum absolute atomic E-state index is 0.232. The van der Waals surface area contributed by atoms with Gasteiger partial charge in [0.2, 0.25) is 0 Å². The second-order valence-electron chi connectivity index (χ2n) is 3.33. The number of rotatable bonds is 5. The Hall–Kier alpha value is -0.450. The van der Waals surface area contributed by atoms with E-state index in [1.54, 1.807) is 11.3 Å². The van der Waals surface area contributed by atoms with Crippen molar-refractivity contribution in [2.75, 3.05) is 0 Å². The third kappa shape index (κ3) is 4.36. The zero-order chi connectivity index (χ0) is 9.68. The molecule has 0 amide bonds. The summed E-state index contributed by atoms with van der Waals surface area (Å²) in [5, 5.41) is 12.5. The summed E-state index contributed by atoms with van der Waals surface area (Å²) in [6, 6.07) is 0.349. The van der Waals surface area contributed by atoms with Crippen molar-refractivity contribution in [2.45, 2.75) is 39.0 Å². The van der Waals surface area contributed by atoms with Crippen LogP contribution in [0.3, 0.4) is 0 Å². The van der Waals surface area contributed by atoms with E-state index in [9.17, 15) is 0 Å². The molecular weight excluding hydrogens is 184 g/mol. The van der Waals surface area contributed by atoms with Crippen LogP contribution >= 0.6 is 11.3 Å². The lowest BCUT2D eigenvalue weighted by atomic mass is 10.1. The van der Waals surface area contributed by atoms with Crippen LogP contribution in [-0.2, 0) is 6.54 Å². The molecule has 0 aliphatic rings. The first-order valence-corrected chi connectivity index (χ1v) is 5.35. The normalized spacial score (nSPS) is 15.6. The Morgan fingerprint density at radius 2 is 2.38 bits per heavy atom. The maximum atomic E-state index is 9.13. The van der Waals surface area contributed by atoms with Crippen molar-refractivity contribution in [3.8, 4) is 0 Å². The van der Waals surface area contributed by atoms with Crippen molar-refractivity contribution >= 4 is 11.3 Å². The van der Waals surface area contributed by atoms with Crippen molar-refractivity contribution in [3.05, 3.63) is 16.6 Å². The zero-order valence-electron chi connectivity index (χ0n) is 8.03. The number of hydrogen-bond acceptors (Lipinski definition) is 4. The Bertz CT molecular complexity index is 224. The topological polar surface area (TPSA) is 45.1 Å². The molecule has 0 bridgehead atoms. The summed E-state index contributed by atoms with van der Waals surface area (Å²) in [4.78, 5) is 5.22. The summed E-state index contributed by atoms with van der Waals surface area (Å²) in [6.45, 7) is 4.73. The lowest BCUT2D eigenvalue weighted by molar-refractivity contribution is 0.170. The van der Waals surface area contributed by atoms with Gasteiger partial charge in [-0.3, -0.25) is 4.98 Å². The van der Waals surface area contributed by atoms with Crippen molar-refractivity contribution in [2.24, 2.45) is 0 Å². The molecule has 0 aromatic carbocycles. The van der Waals surface area contributed by atoms with Gasteiger partial charge in [0.1, 0.15) is 0 Å². The first kappa shape index (κ1) is 10.6. The Morgan fingerprint density at radius 3 is 2.92 bits per heavy atom. The molecule has 1 heterocycles. The standard InChI is InChI=1S/C9H16N2OS/c1-7(3-8(2)12)11-5-9-4-10-6-13-9/h4,6-8,11-12H,3,5H2,1-2H3. The average Bonchev–Trinajstić information content (AvgIpc) is 2.51. The van der Waals surface area contributed by atoms with Gasteiger partial charge >= 0.3 is 0 Å². The van der Waals surface area contributed by atoms with Gasteiger partial charge in [-0.15, -0.1) is 11.3 Å². The lowest BCUT2D eigenvalue weighted by Gasteiger charge is -2.14. The van der Waals surface area contributed by atoms with Gasteiger partial charge in [-0.2, -0.15) is 0 Å². The molecule has 0 aliphatic carbocycles. The van der Waals surface area contributed by atoms with E-state index in [1.165, 1.54) is 4.88 Å². The van der Waals surface area contributed by atoms with Crippen molar-refractivity contribution in [3.63, 3.8) is 0 Å². The Labute approximate surface area is 82.8 Å². The first-order chi connectivity index (χ1) is 6.18. The van der Waals surface area contributed by atoms with E-state index in [0.29, 0.717) is 6.04 Å². The average molecular weight is 200 g/mol. The molecule has 0 saturated carbocycles. The van der Waals surface area contributed by atoms with E-state index in [0.717, 1.165) is 13.0 Å². The maximum Gasteiger partial charge on any atom is 0.0794 e. The van der Waals surface area contributed by atoms with Crippen molar-refractivity contribution in [1.82, 2.24) is 10.3 Å². The molecule has 0 spiro atoms. The predicted molar refractivity (Wildman–Crippen MR) is 54.7 cm³/mol. The highest BCUT2D eigenvalue weighted by Crippen LogP contribution is 2.05. The first-order valence-electron chi connectivity index (χ1n) is 4.47. The molecule has 0 saturated heterocycles. The molecule has 4 heteroatoms. The summed E-state index contributed by atoms with van der Waals surface area (Å²) >= 11 is 1.65. The van der Waals surface area contributed by atoms with E-state index >= 15 is 0 Å². The van der Waals surface area contributed by atoms with Crippen molar-refractivity contribution < 1.29 is 5.11 Å². The largest absolute Gasteiger partial charge is 0.393 e. The highest BCUT2D eigenvalue weighted by Gasteiger charge is 2.05. The molecular formula is C9H16N2OS. The van der Waals surface area contributed by atoms with E-state index in [2.05, 4.69) is 17.2 Å². The molecule has 1 rings (SSSR count). The summed E-state index contributed by atoms with van der Waals surface area (Å²) in [5.41, 5.74) is 1.83. The Kier molecular flexibility index (Phi) is 4.35.